The Bertz CT molecular complexity index is 266. The molecule has 0 aliphatic carbocycles. The third-order valence-electron chi connectivity index (χ3n) is 2.35. The first kappa shape index (κ1) is 12.1. The van der Waals surface area contributed by atoms with E-state index in [-0.39, 0.29) is 0 Å². The van der Waals surface area contributed by atoms with Gasteiger partial charge in [0.25, 0.3) is 0 Å². The van der Waals surface area contributed by atoms with Gasteiger partial charge in [0, 0.05) is 9.85 Å². The van der Waals surface area contributed by atoms with Crippen LogP contribution in [0.4, 0.5) is 0 Å². The predicted molar refractivity (Wildman–Crippen MR) is 67.3 cm³/mol. The van der Waals surface area contributed by atoms with Crippen LogP contribution in [0.3, 0.4) is 0 Å². The number of halogens is 2. The van der Waals surface area contributed by atoms with Crippen LogP contribution in [0.2, 0.25) is 5.02 Å². The van der Waals surface area contributed by atoms with Crippen molar-refractivity contribution < 1.29 is 0 Å². The third kappa shape index (κ3) is 4.02. The van der Waals surface area contributed by atoms with Crippen LogP contribution in [0.15, 0.2) is 24.3 Å². The van der Waals surface area contributed by atoms with Crippen molar-refractivity contribution >= 4 is 27.5 Å². The lowest BCUT2D eigenvalue weighted by molar-refractivity contribution is 0.582. The molecule has 0 bridgehead atoms. The molecular formula is C12H16BrCl. The van der Waals surface area contributed by atoms with Gasteiger partial charge >= 0.3 is 0 Å². The van der Waals surface area contributed by atoms with Gasteiger partial charge in [0.2, 0.25) is 0 Å². The van der Waals surface area contributed by atoms with E-state index in [2.05, 4.69) is 41.9 Å². The molecule has 1 aromatic carbocycles. The van der Waals surface area contributed by atoms with Crippen LogP contribution in [0.25, 0.3) is 0 Å². The number of hydrogen-bond acceptors (Lipinski definition) is 0. The normalized spacial score (nSPS) is 13.2. The summed E-state index contributed by atoms with van der Waals surface area (Å²) in [5.41, 5.74) is 1.36. The van der Waals surface area contributed by atoms with Gasteiger partial charge in [-0.2, -0.15) is 0 Å². The number of hydrogen-bond donors (Lipinski definition) is 0. The molecule has 1 aromatic rings. The van der Waals surface area contributed by atoms with Crippen LogP contribution >= 0.6 is 27.5 Å². The highest BCUT2D eigenvalue weighted by Crippen LogP contribution is 2.19. The Kier molecular flexibility index (Phi) is 4.97. The Morgan fingerprint density at radius 2 is 1.79 bits per heavy atom. The Labute approximate surface area is 99.8 Å². The fourth-order valence-electron chi connectivity index (χ4n) is 1.29. The van der Waals surface area contributed by atoms with Crippen molar-refractivity contribution in [1.29, 1.82) is 0 Å². The zero-order valence-corrected chi connectivity index (χ0v) is 11.0. The summed E-state index contributed by atoms with van der Waals surface area (Å²) in [5.74, 6) is 0.697. The lowest BCUT2D eigenvalue weighted by atomic mass is 10.0. The van der Waals surface area contributed by atoms with Gasteiger partial charge in [-0.3, -0.25) is 0 Å². The van der Waals surface area contributed by atoms with Crippen molar-refractivity contribution in [3.63, 3.8) is 0 Å². The van der Waals surface area contributed by atoms with E-state index in [1.807, 2.05) is 12.1 Å². The highest BCUT2D eigenvalue weighted by Gasteiger charge is 2.08. The molecule has 0 spiro atoms. The fourth-order valence-corrected chi connectivity index (χ4v) is 1.64. The maximum Gasteiger partial charge on any atom is 0.0406 e. The molecule has 0 radical (unpaired) electrons. The first-order valence-corrected chi connectivity index (χ1v) is 6.27. The Balaban J connectivity index is 2.42. The monoisotopic (exact) mass is 274 g/mol. The maximum atomic E-state index is 5.82. The molecule has 2 heteroatoms. The van der Waals surface area contributed by atoms with Crippen LogP contribution < -0.4 is 0 Å². The number of benzene rings is 1. The largest absolute Gasteiger partial charge is 0.0888 e. The summed E-state index contributed by atoms with van der Waals surface area (Å²) in [5, 5.41) is 0.813. The predicted octanol–water partition coefficient (Wildman–Crippen LogP) is 4.69. The molecule has 1 rings (SSSR count). The molecule has 0 heterocycles. The van der Waals surface area contributed by atoms with Gasteiger partial charge in [0.05, 0.1) is 0 Å². The summed E-state index contributed by atoms with van der Waals surface area (Å²) in [6.45, 7) is 4.47. The van der Waals surface area contributed by atoms with Crippen molar-refractivity contribution in [1.82, 2.24) is 0 Å². The maximum absolute atomic E-state index is 5.82. The van der Waals surface area contributed by atoms with Gasteiger partial charge in [0.15, 0.2) is 0 Å². The lowest BCUT2D eigenvalue weighted by Crippen LogP contribution is -2.07. The molecular weight excluding hydrogens is 259 g/mol. The van der Waals surface area contributed by atoms with E-state index < -0.39 is 0 Å². The van der Waals surface area contributed by atoms with E-state index in [4.69, 9.17) is 11.6 Å². The van der Waals surface area contributed by atoms with Crippen LogP contribution in [0.5, 0.6) is 0 Å². The topological polar surface area (TPSA) is 0 Å². The zero-order chi connectivity index (χ0) is 10.6. The first-order chi connectivity index (χ1) is 6.59. The van der Waals surface area contributed by atoms with Crippen molar-refractivity contribution in [2.24, 2.45) is 5.92 Å². The molecule has 78 valence electrons. The van der Waals surface area contributed by atoms with Gasteiger partial charge in [-0.25, -0.2) is 0 Å². The minimum atomic E-state index is 0.609. The van der Waals surface area contributed by atoms with E-state index in [1.54, 1.807) is 0 Å². The first-order valence-electron chi connectivity index (χ1n) is 4.98. The smallest absolute Gasteiger partial charge is 0.0406 e. The molecule has 0 saturated heterocycles. The Morgan fingerprint density at radius 1 is 1.21 bits per heavy atom. The number of aryl methyl sites for hydroxylation is 1. The molecule has 0 nitrogen and oxygen atoms in total. The number of rotatable bonds is 4. The van der Waals surface area contributed by atoms with Crippen molar-refractivity contribution in [3.05, 3.63) is 34.9 Å². The summed E-state index contributed by atoms with van der Waals surface area (Å²) in [6, 6.07) is 8.11. The van der Waals surface area contributed by atoms with E-state index >= 15 is 0 Å². The standard InChI is InChI=1S/C12H16BrCl/c1-9(2)12(13)8-5-10-3-6-11(14)7-4-10/h3-4,6-7,9,12H,5,8H2,1-2H3. The van der Waals surface area contributed by atoms with Gasteiger partial charge in [0.1, 0.15) is 0 Å². The van der Waals surface area contributed by atoms with Crippen LogP contribution in [-0.4, -0.2) is 4.83 Å². The fraction of sp³-hybridized carbons (Fsp3) is 0.500. The van der Waals surface area contributed by atoms with Gasteiger partial charge < -0.3 is 0 Å². The molecule has 0 saturated carbocycles. The average molecular weight is 276 g/mol. The second-order valence-corrected chi connectivity index (χ2v) is 5.54. The molecule has 0 aliphatic rings. The molecule has 0 amide bonds. The van der Waals surface area contributed by atoms with E-state index in [1.165, 1.54) is 12.0 Å². The second kappa shape index (κ2) is 5.77. The average Bonchev–Trinajstić information content (AvgIpc) is 2.16. The summed E-state index contributed by atoms with van der Waals surface area (Å²) >= 11 is 9.50. The minimum absolute atomic E-state index is 0.609. The minimum Gasteiger partial charge on any atom is -0.0888 e. The summed E-state index contributed by atoms with van der Waals surface area (Å²) < 4.78 is 0. The highest BCUT2D eigenvalue weighted by atomic mass is 79.9. The molecule has 0 aromatic heterocycles. The molecule has 0 N–H and O–H groups in total. The summed E-state index contributed by atoms with van der Waals surface area (Å²) in [4.78, 5) is 0.609. The van der Waals surface area contributed by atoms with Crippen LogP contribution in [0.1, 0.15) is 25.8 Å². The van der Waals surface area contributed by atoms with Gasteiger partial charge in [-0.1, -0.05) is 53.5 Å². The van der Waals surface area contributed by atoms with Crippen molar-refractivity contribution in [3.8, 4) is 0 Å². The Hall–Kier alpha value is -0.0100. The van der Waals surface area contributed by atoms with Crippen molar-refractivity contribution in [2.75, 3.05) is 0 Å². The SMILES string of the molecule is CC(C)C(Br)CCc1ccc(Cl)cc1. The second-order valence-electron chi connectivity index (χ2n) is 3.93. The highest BCUT2D eigenvalue weighted by molar-refractivity contribution is 9.09. The van der Waals surface area contributed by atoms with Gasteiger partial charge in [-0.15, -0.1) is 0 Å². The molecule has 0 fully saturated rings. The molecule has 1 atom stereocenters. The van der Waals surface area contributed by atoms with Crippen LogP contribution in [0, 0.1) is 5.92 Å². The van der Waals surface area contributed by atoms with Crippen LogP contribution in [-0.2, 0) is 6.42 Å². The molecule has 14 heavy (non-hydrogen) atoms. The lowest BCUT2D eigenvalue weighted by Gasteiger charge is -2.13. The van der Waals surface area contributed by atoms with E-state index in [0.717, 1.165) is 11.4 Å². The van der Waals surface area contributed by atoms with E-state index in [0.29, 0.717) is 10.7 Å². The zero-order valence-electron chi connectivity index (χ0n) is 8.63. The third-order valence-corrected chi connectivity index (χ3v) is 4.11. The van der Waals surface area contributed by atoms with Gasteiger partial charge in [-0.05, 0) is 36.5 Å². The Morgan fingerprint density at radius 3 is 2.29 bits per heavy atom. The summed E-state index contributed by atoms with van der Waals surface area (Å²) in [7, 11) is 0. The molecule has 0 aliphatic heterocycles. The van der Waals surface area contributed by atoms with Crippen molar-refractivity contribution in [2.45, 2.75) is 31.5 Å². The molecule has 1 unspecified atom stereocenters. The quantitative estimate of drug-likeness (QED) is 0.699. The summed E-state index contributed by atoms with van der Waals surface area (Å²) in [6.07, 6.45) is 2.30. The number of alkyl halides is 1. The van der Waals surface area contributed by atoms with E-state index in [9.17, 15) is 0 Å².